The van der Waals surface area contributed by atoms with Crippen molar-refractivity contribution in [2.24, 2.45) is 0 Å². The van der Waals surface area contributed by atoms with E-state index in [9.17, 15) is 60.7 Å². The van der Waals surface area contributed by atoms with Gasteiger partial charge in [-0.1, -0.05) is 0 Å². The van der Waals surface area contributed by atoms with Crippen LogP contribution in [-0.2, 0) is 20.0 Å². The van der Waals surface area contributed by atoms with Crippen LogP contribution in [0.25, 0.3) is 4.13 Å². The Hall–Kier alpha value is -0.880. The fraction of sp³-hybridized carbons (Fsp3) is 1.00. The molecule has 0 aliphatic carbocycles. The highest BCUT2D eigenvalue weighted by atomic mass is 32.3. The summed E-state index contributed by atoms with van der Waals surface area (Å²) in [5, 5.41) is -14.0. The summed E-state index contributed by atoms with van der Waals surface area (Å²) in [6.45, 7) is 0. The molecule has 0 aliphatic heterocycles. The summed E-state index contributed by atoms with van der Waals surface area (Å²) in [4.78, 5) is 0. The van der Waals surface area contributed by atoms with Gasteiger partial charge in [0.2, 0.25) is 0 Å². The van der Waals surface area contributed by atoms with Crippen LogP contribution in [0.2, 0.25) is 0 Å². The molecule has 0 aromatic carbocycles. The molecule has 0 rings (SSSR count). The molecule has 0 heterocycles. The van der Waals surface area contributed by atoms with Crippen molar-refractivity contribution in [2.45, 2.75) is 22.9 Å². The van der Waals surface area contributed by atoms with Crippen LogP contribution in [0.5, 0.6) is 0 Å². The molecule has 0 N–H and O–H groups in total. The second-order valence-electron chi connectivity index (χ2n) is 5.74. The normalized spacial score (nSPS) is 15.3. The van der Waals surface area contributed by atoms with E-state index < -0.39 is 42.9 Å². The molecule has 0 bridgehead atoms. The Morgan fingerprint density at radius 3 is 0.846 bits per heavy atom. The molecule has 0 aromatic rings. The smallest absolute Gasteiger partial charge is 0.425 e. The number of halogens is 10. The number of hydrogen-bond donors (Lipinski definition) is 0. The van der Waals surface area contributed by atoms with Crippen molar-refractivity contribution in [3.05, 3.63) is 4.13 Å². The highest BCUT2D eigenvalue weighted by Gasteiger charge is 2.68. The zero-order valence-corrected chi connectivity index (χ0v) is 14.8. The molecule has 0 aromatic heterocycles. The molecule has 0 unspecified atom stereocenters. The molecule has 0 fully saturated rings. The van der Waals surface area contributed by atoms with Crippen LogP contribution in [0.15, 0.2) is 0 Å². The van der Waals surface area contributed by atoms with E-state index in [1.807, 2.05) is 0 Å². The summed E-state index contributed by atoms with van der Waals surface area (Å²) in [6, 6.07) is 0. The third-order valence-corrected chi connectivity index (χ3v) is 4.83. The number of rotatable bonds is 4. The van der Waals surface area contributed by atoms with Gasteiger partial charge in [0, 0.05) is 0 Å². The van der Waals surface area contributed by atoms with Crippen molar-refractivity contribution >= 4 is 20.0 Å². The molecule has 0 spiro atoms. The number of alkyl halides is 10. The number of quaternary nitrogens is 1. The minimum atomic E-state index is -7.62. The Morgan fingerprint density at radius 2 is 0.731 bits per heavy atom. The van der Waals surface area contributed by atoms with Gasteiger partial charge in [-0.2, -0.15) is 43.9 Å². The zero-order valence-electron chi connectivity index (χ0n) is 13.1. The van der Waals surface area contributed by atoms with Crippen molar-refractivity contribution in [3.8, 4) is 0 Å². The summed E-state index contributed by atoms with van der Waals surface area (Å²) in [5.41, 5.74) is 0. The number of hydrogen-bond acceptors (Lipinski definition) is 4. The van der Waals surface area contributed by atoms with Gasteiger partial charge in [-0.25, -0.2) is 16.8 Å². The van der Waals surface area contributed by atoms with Gasteiger partial charge in [-0.15, -0.1) is 0 Å². The van der Waals surface area contributed by atoms with Crippen LogP contribution in [-0.4, -0.2) is 72.4 Å². The lowest BCUT2D eigenvalue weighted by atomic mass is 10.7. The first kappa shape index (κ1) is 27.3. The predicted molar refractivity (Wildman–Crippen MR) is 67.2 cm³/mol. The fourth-order valence-electron chi connectivity index (χ4n) is 0.515. The third kappa shape index (κ3) is 6.69. The van der Waals surface area contributed by atoms with Crippen molar-refractivity contribution in [1.29, 1.82) is 0 Å². The standard InChI is InChI=1S/C4F10NO4S2.C4H12N/c5-1(6,7)3(11,12)20(16,17)15-21(18,19)4(13,14)2(8,9)10;1-5(2,3)4/h;1-4H3/q-1;+1. The predicted octanol–water partition coefficient (Wildman–Crippen LogP) is 2.65. The molecule has 0 amide bonds. The lowest BCUT2D eigenvalue weighted by molar-refractivity contribution is -0.849. The van der Waals surface area contributed by atoms with E-state index in [1.165, 1.54) is 0 Å². The Morgan fingerprint density at radius 1 is 0.577 bits per heavy atom. The molecule has 0 radical (unpaired) electrons. The Kier molecular flexibility index (Phi) is 7.64. The minimum absolute atomic E-state index is 0.422. The summed E-state index contributed by atoms with van der Waals surface area (Å²) in [6.07, 6.45) is -14.0. The average Bonchev–Trinajstić information content (AvgIpc) is 2.20. The van der Waals surface area contributed by atoms with Gasteiger partial charge < -0.3 is 8.61 Å². The summed E-state index contributed by atoms with van der Waals surface area (Å²) < 4.78 is 162. The van der Waals surface area contributed by atoms with Crippen molar-refractivity contribution < 1.29 is 65.2 Å². The van der Waals surface area contributed by atoms with E-state index in [0.29, 0.717) is 4.13 Å². The molecule has 0 atom stereocenters. The first-order chi connectivity index (χ1) is 10.7. The second kappa shape index (κ2) is 7.27. The maximum absolute atomic E-state index is 12.3. The molecule has 26 heavy (non-hydrogen) atoms. The second-order valence-corrected chi connectivity index (χ2v) is 9.26. The Labute approximate surface area is 141 Å². The molecule has 6 nitrogen and oxygen atoms in total. The molecular weight excluding hydrogens is 442 g/mol. The number of sulfonamides is 2. The SMILES string of the molecule is C[N+](C)(C)C.O=S(=O)([N-]S(=O)(=O)C(F)(F)C(F)(F)F)C(F)(F)C(F)(F)F. The maximum atomic E-state index is 12.3. The first-order valence-corrected chi connectivity index (χ1v) is 8.50. The van der Waals surface area contributed by atoms with Gasteiger partial charge in [-0.3, -0.25) is 0 Å². The van der Waals surface area contributed by atoms with Crippen LogP contribution in [0.1, 0.15) is 0 Å². The number of nitrogens with zero attached hydrogens (tertiary/aromatic N) is 2. The topological polar surface area (TPSA) is 82.4 Å². The molecule has 0 saturated carbocycles. The molecule has 160 valence electrons. The highest BCUT2D eigenvalue weighted by molar-refractivity contribution is 8.13. The van der Waals surface area contributed by atoms with E-state index in [-0.39, 0.29) is 0 Å². The van der Waals surface area contributed by atoms with Gasteiger partial charge in [-0.05, 0) is 0 Å². The van der Waals surface area contributed by atoms with Crippen LogP contribution in [0.4, 0.5) is 43.9 Å². The third-order valence-electron chi connectivity index (χ3n) is 1.50. The summed E-state index contributed by atoms with van der Waals surface area (Å²) >= 11 is 0. The average molecular weight is 454 g/mol. The molecule has 0 aliphatic rings. The lowest BCUT2D eigenvalue weighted by Gasteiger charge is -2.31. The summed E-state index contributed by atoms with van der Waals surface area (Å²) in [5.74, 6) is 0. The molecule has 0 saturated heterocycles. The fourth-order valence-corrected chi connectivity index (χ4v) is 2.88. The van der Waals surface area contributed by atoms with Crippen molar-refractivity contribution in [3.63, 3.8) is 0 Å². The van der Waals surface area contributed by atoms with E-state index in [0.717, 1.165) is 4.48 Å². The van der Waals surface area contributed by atoms with Gasteiger partial charge in [0.05, 0.1) is 28.2 Å². The van der Waals surface area contributed by atoms with E-state index in [1.54, 1.807) is 0 Å². The highest BCUT2D eigenvalue weighted by Crippen LogP contribution is 2.47. The van der Waals surface area contributed by atoms with E-state index in [4.69, 9.17) is 0 Å². The van der Waals surface area contributed by atoms with Crippen LogP contribution in [0.3, 0.4) is 0 Å². The van der Waals surface area contributed by atoms with Gasteiger partial charge in [0.15, 0.2) is 20.0 Å². The van der Waals surface area contributed by atoms with Gasteiger partial charge >= 0.3 is 22.9 Å². The Balaban J connectivity index is 0. The van der Waals surface area contributed by atoms with E-state index >= 15 is 0 Å². The van der Waals surface area contributed by atoms with Gasteiger partial charge in [0.1, 0.15) is 0 Å². The quantitative estimate of drug-likeness (QED) is 0.483. The van der Waals surface area contributed by atoms with Crippen LogP contribution < -0.4 is 0 Å². The van der Waals surface area contributed by atoms with Crippen molar-refractivity contribution in [1.82, 2.24) is 0 Å². The summed E-state index contributed by atoms with van der Waals surface area (Å²) in [7, 11) is -6.74. The first-order valence-electron chi connectivity index (χ1n) is 5.62. The Bertz CT molecular complexity index is 628. The zero-order chi connectivity index (χ0) is 22.2. The molecular formula is C8H12F10N2O4S2. The lowest BCUT2D eigenvalue weighted by Crippen LogP contribution is -2.48. The monoisotopic (exact) mass is 454 g/mol. The van der Waals surface area contributed by atoms with Crippen LogP contribution >= 0.6 is 0 Å². The van der Waals surface area contributed by atoms with Gasteiger partial charge in [0.25, 0.3) is 0 Å². The van der Waals surface area contributed by atoms with Crippen molar-refractivity contribution in [2.75, 3.05) is 28.2 Å². The minimum Gasteiger partial charge on any atom is -0.425 e. The van der Waals surface area contributed by atoms with Crippen LogP contribution in [0, 0.1) is 0 Å². The van der Waals surface area contributed by atoms with E-state index in [2.05, 4.69) is 28.2 Å². The largest absolute Gasteiger partial charge is 0.467 e. The molecule has 18 heteroatoms. The maximum Gasteiger partial charge on any atom is 0.467 e.